The van der Waals surface area contributed by atoms with Crippen molar-refractivity contribution in [2.45, 2.75) is 51.6 Å². The number of carboxylic acids is 1. The molecular formula is C11H18O4. The predicted octanol–water partition coefficient (Wildman–Crippen LogP) is 1.97. The summed E-state index contributed by atoms with van der Waals surface area (Å²) in [6.07, 6.45) is 4.73. The summed E-state index contributed by atoms with van der Waals surface area (Å²) in [6.45, 7) is 1.38. The first-order chi connectivity index (χ1) is 7.09. The lowest BCUT2D eigenvalue weighted by atomic mass is 9.94. The Balaban J connectivity index is 2.58. The highest BCUT2D eigenvalue weighted by molar-refractivity contribution is 5.68. The Labute approximate surface area is 89.6 Å². The van der Waals surface area contributed by atoms with Crippen LogP contribution in [0.5, 0.6) is 0 Å². The van der Waals surface area contributed by atoms with E-state index in [1.165, 1.54) is 6.92 Å². The first kappa shape index (κ1) is 12.0. The Kier molecular flexibility index (Phi) is 4.59. The summed E-state index contributed by atoms with van der Waals surface area (Å²) in [7, 11) is 0. The summed E-state index contributed by atoms with van der Waals surface area (Å²) in [5, 5.41) is 8.77. The zero-order valence-electron chi connectivity index (χ0n) is 9.07. The number of aliphatic carboxylic acids is 1. The molecule has 0 aliphatic heterocycles. The monoisotopic (exact) mass is 214 g/mol. The Bertz CT molecular complexity index is 213. The van der Waals surface area contributed by atoms with Gasteiger partial charge in [0.25, 0.3) is 0 Å². The predicted molar refractivity (Wildman–Crippen MR) is 54.4 cm³/mol. The van der Waals surface area contributed by atoms with E-state index in [4.69, 9.17) is 9.84 Å². The molecule has 0 heterocycles. The van der Waals surface area contributed by atoms with Crippen molar-refractivity contribution in [3.05, 3.63) is 0 Å². The standard InChI is InChI=1S/C11H18O4/c1-8(12)15-10-6-4-2-3-5-9(10)7-11(13)14/h9-10H,2-7H2,1H3,(H,13,14)/t9-,10+/m0/s1. The topological polar surface area (TPSA) is 63.6 Å². The van der Waals surface area contributed by atoms with Crippen LogP contribution in [0.15, 0.2) is 0 Å². The summed E-state index contributed by atoms with van der Waals surface area (Å²) in [6, 6.07) is 0. The maximum absolute atomic E-state index is 10.9. The van der Waals surface area contributed by atoms with Crippen molar-refractivity contribution in [3.63, 3.8) is 0 Å². The van der Waals surface area contributed by atoms with Crippen LogP contribution < -0.4 is 0 Å². The third-order valence-electron chi connectivity index (χ3n) is 2.84. The SMILES string of the molecule is CC(=O)O[C@@H]1CCCCC[C@H]1CC(=O)O. The number of esters is 1. The van der Waals surface area contributed by atoms with E-state index in [0.717, 1.165) is 32.1 Å². The molecule has 1 N–H and O–H groups in total. The van der Waals surface area contributed by atoms with Crippen LogP contribution in [0.3, 0.4) is 0 Å². The molecule has 0 aromatic rings. The fourth-order valence-corrected chi connectivity index (χ4v) is 2.18. The largest absolute Gasteiger partial charge is 0.481 e. The minimum Gasteiger partial charge on any atom is -0.481 e. The maximum Gasteiger partial charge on any atom is 0.303 e. The number of carboxylic acid groups (broad SMARTS) is 1. The smallest absolute Gasteiger partial charge is 0.303 e. The molecule has 0 aromatic carbocycles. The van der Waals surface area contributed by atoms with Gasteiger partial charge in [-0.25, -0.2) is 0 Å². The summed E-state index contributed by atoms with van der Waals surface area (Å²) >= 11 is 0. The zero-order chi connectivity index (χ0) is 11.3. The van der Waals surface area contributed by atoms with E-state index >= 15 is 0 Å². The van der Waals surface area contributed by atoms with Gasteiger partial charge in [0.2, 0.25) is 0 Å². The number of rotatable bonds is 3. The lowest BCUT2D eigenvalue weighted by molar-refractivity contribution is -0.152. The molecular weight excluding hydrogens is 196 g/mol. The molecule has 1 saturated carbocycles. The molecule has 0 unspecified atom stereocenters. The summed E-state index contributed by atoms with van der Waals surface area (Å²) < 4.78 is 5.18. The highest BCUT2D eigenvalue weighted by Gasteiger charge is 2.27. The van der Waals surface area contributed by atoms with Gasteiger partial charge in [0.05, 0.1) is 6.42 Å². The number of hydrogen-bond acceptors (Lipinski definition) is 3. The van der Waals surface area contributed by atoms with Gasteiger partial charge in [-0.05, 0) is 19.3 Å². The van der Waals surface area contributed by atoms with Crippen LogP contribution in [0.1, 0.15) is 45.4 Å². The minimum atomic E-state index is -0.806. The number of carbonyl (C=O) groups excluding carboxylic acids is 1. The van der Waals surface area contributed by atoms with Crippen LogP contribution in [0.25, 0.3) is 0 Å². The van der Waals surface area contributed by atoms with Gasteiger partial charge in [0.15, 0.2) is 0 Å². The molecule has 0 aromatic heterocycles. The maximum atomic E-state index is 10.9. The lowest BCUT2D eigenvalue weighted by Gasteiger charge is -2.23. The first-order valence-corrected chi connectivity index (χ1v) is 5.48. The average molecular weight is 214 g/mol. The number of carbonyl (C=O) groups is 2. The Hall–Kier alpha value is -1.06. The first-order valence-electron chi connectivity index (χ1n) is 5.48. The van der Waals surface area contributed by atoms with Crippen molar-refractivity contribution in [2.24, 2.45) is 5.92 Å². The van der Waals surface area contributed by atoms with Gasteiger partial charge >= 0.3 is 11.9 Å². The minimum absolute atomic E-state index is 0.00565. The molecule has 0 saturated heterocycles. The van der Waals surface area contributed by atoms with Gasteiger partial charge in [0, 0.05) is 12.8 Å². The van der Waals surface area contributed by atoms with E-state index in [-0.39, 0.29) is 24.4 Å². The van der Waals surface area contributed by atoms with Gasteiger partial charge in [-0.15, -0.1) is 0 Å². The molecule has 15 heavy (non-hydrogen) atoms. The Morgan fingerprint density at radius 2 is 1.93 bits per heavy atom. The quantitative estimate of drug-likeness (QED) is 0.576. The molecule has 1 aliphatic carbocycles. The number of hydrogen-bond donors (Lipinski definition) is 1. The van der Waals surface area contributed by atoms with Crippen molar-refractivity contribution >= 4 is 11.9 Å². The summed E-state index contributed by atoms with van der Waals surface area (Å²) in [5.74, 6) is -1.12. The van der Waals surface area contributed by atoms with E-state index in [1.807, 2.05) is 0 Å². The molecule has 0 amide bonds. The normalized spacial score (nSPS) is 26.7. The third-order valence-corrected chi connectivity index (χ3v) is 2.84. The van der Waals surface area contributed by atoms with Gasteiger partial charge in [-0.3, -0.25) is 9.59 Å². The molecule has 1 rings (SSSR count). The van der Waals surface area contributed by atoms with Gasteiger partial charge in [-0.1, -0.05) is 12.8 Å². The molecule has 0 bridgehead atoms. The van der Waals surface area contributed by atoms with E-state index in [9.17, 15) is 9.59 Å². The van der Waals surface area contributed by atoms with Crippen LogP contribution in [0, 0.1) is 5.92 Å². The van der Waals surface area contributed by atoms with Crippen LogP contribution in [-0.2, 0) is 14.3 Å². The second-order valence-corrected chi connectivity index (χ2v) is 4.14. The van der Waals surface area contributed by atoms with Crippen molar-refractivity contribution in [2.75, 3.05) is 0 Å². The molecule has 1 aliphatic rings. The van der Waals surface area contributed by atoms with Crippen molar-refractivity contribution in [3.8, 4) is 0 Å². The van der Waals surface area contributed by atoms with Crippen molar-refractivity contribution in [1.82, 2.24) is 0 Å². The molecule has 86 valence electrons. The second-order valence-electron chi connectivity index (χ2n) is 4.14. The van der Waals surface area contributed by atoms with Crippen LogP contribution in [0.4, 0.5) is 0 Å². The second kappa shape index (κ2) is 5.73. The van der Waals surface area contributed by atoms with Crippen molar-refractivity contribution < 1.29 is 19.4 Å². The van der Waals surface area contributed by atoms with Gasteiger partial charge in [-0.2, -0.15) is 0 Å². The van der Waals surface area contributed by atoms with Gasteiger partial charge < -0.3 is 9.84 Å². The van der Waals surface area contributed by atoms with Crippen LogP contribution in [0.2, 0.25) is 0 Å². The molecule has 0 spiro atoms. The summed E-state index contributed by atoms with van der Waals surface area (Å²) in [5.41, 5.74) is 0. The lowest BCUT2D eigenvalue weighted by Crippen LogP contribution is -2.27. The third kappa shape index (κ3) is 4.32. The van der Waals surface area contributed by atoms with E-state index < -0.39 is 5.97 Å². The molecule has 4 nitrogen and oxygen atoms in total. The molecule has 4 heteroatoms. The summed E-state index contributed by atoms with van der Waals surface area (Å²) in [4.78, 5) is 21.6. The Morgan fingerprint density at radius 3 is 2.53 bits per heavy atom. The molecule has 1 fully saturated rings. The van der Waals surface area contributed by atoms with Crippen LogP contribution >= 0.6 is 0 Å². The van der Waals surface area contributed by atoms with Crippen molar-refractivity contribution in [1.29, 1.82) is 0 Å². The molecule has 0 radical (unpaired) electrons. The highest BCUT2D eigenvalue weighted by Crippen LogP contribution is 2.28. The van der Waals surface area contributed by atoms with E-state index in [1.54, 1.807) is 0 Å². The van der Waals surface area contributed by atoms with Crippen LogP contribution in [-0.4, -0.2) is 23.1 Å². The van der Waals surface area contributed by atoms with Gasteiger partial charge in [0.1, 0.15) is 6.10 Å². The Morgan fingerprint density at radius 1 is 1.27 bits per heavy atom. The molecule has 2 atom stereocenters. The highest BCUT2D eigenvalue weighted by atomic mass is 16.5. The average Bonchev–Trinajstić information content (AvgIpc) is 2.30. The zero-order valence-corrected chi connectivity index (χ0v) is 9.07. The fraction of sp³-hybridized carbons (Fsp3) is 0.818. The van der Waals surface area contributed by atoms with E-state index in [0.29, 0.717) is 0 Å². The fourth-order valence-electron chi connectivity index (χ4n) is 2.18. The number of ether oxygens (including phenoxy) is 1. The van der Waals surface area contributed by atoms with E-state index in [2.05, 4.69) is 0 Å².